The van der Waals surface area contributed by atoms with E-state index in [2.05, 4.69) is 17.7 Å². The van der Waals surface area contributed by atoms with Crippen molar-refractivity contribution in [2.75, 3.05) is 7.05 Å². The van der Waals surface area contributed by atoms with Crippen LogP contribution in [-0.4, -0.2) is 11.6 Å². The van der Waals surface area contributed by atoms with Crippen LogP contribution in [0.15, 0.2) is 30.6 Å². The predicted molar refractivity (Wildman–Crippen MR) is 74.6 cm³/mol. The third-order valence-corrected chi connectivity index (χ3v) is 3.95. The maximum absolute atomic E-state index is 13.2. The number of benzene rings is 1. The molecule has 20 heavy (non-hydrogen) atoms. The minimum atomic E-state index is -0.523. The van der Waals surface area contributed by atoms with Gasteiger partial charge in [0.2, 0.25) is 0 Å². The average molecular weight is 276 g/mol. The van der Waals surface area contributed by atoms with Crippen LogP contribution in [0.2, 0.25) is 0 Å². The minimum Gasteiger partial charge on any atom is -0.349 e. The Bertz CT molecular complexity index is 599. The molecule has 0 amide bonds. The fourth-order valence-electron chi connectivity index (χ4n) is 3.05. The summed E-state index contributed by atoms with van der Waals surface area (Å²) in [5.41, 5.74) is 3.30. The van der Waals surface area contributed by atoms with E-state index in [0.29, 0.717) is 18.2 Å². The van der Waals surface area contributed by atoms with Gasteiger partial charge in [-0.25, -0.2) is 8.78 Å². The molecule has 2 nitrogen and oxygen atoms in total. The van der Waals surface area contributed by atoms with Crippen LogP contribution in [-0.2, 0) is 13.0 Å². The first-order chi connectivity index (χ1) is 9.65. The van der Waals surface area contributed by atoms with Gasteiger partial charge in [-0.3, -0.25) is 0 Å². The molecule has 1 aromatic carbocycles. The van der Waals surface area contributed by atoms with Gasteiger partial charge in [-0.05, 0) is 55.1 Å². The molecule has 1 aliphatic rings. The highest BCUT2D eigenvalue weighted by molar-refractivity contribution is 5.31. The smallest absolute Gasteiger partial charge is 0.126 e. The number of aryl methyl sites for hydroxylation is 1. The minimum absolute atomic E-state index is 0.393. The molecule has 0 spiro atoms. The summed E-state index contributed by atoms with van der Waals surface area (Å²) in [6.07, 6.45) is 7.59. The molecular formula is C16H18F2N2. The molecule has 1 atom stereocenters. The molecule has 106 valence electrons. The lowest BCUT2D eigenvalue weighted by molar-refractivity contribution is 0.498. The number of fused-ring (bicyclic) bond motifs is 1. The van der Waals surface area contributed by atoms with Crippen molar-refractivity contribution >= 4 is 0 Å². The zero-order valence-electron chi connectivity index (χ0n) is 11.5. The molecule has 3 rings (SSSR count). The fraction of sp³-hybridized carbons (Fsp3) is 0.375. The Hall–Kier alpha value is -1.68. The van der Waals surface area contributed by atoms with E-state index in [1.165, 1.54) is 29.7 Å². The quantitative estimate of drug-likeness (QED) is 0.909. The third-order valence-electron chi connectivity index (χ3n) is 3.95. The Balaban J connectivity index is 1.86. The van der Waals surface area contributed by atoms with Gasteiger partial charge >= 0.3 is 0 Å². The van der Waals surface area contributed by atoms with Crippen molar-refractivity contribution in [3.05, 3.63) is 58.9 Å². The van der Waals surface area contributed by atoms with E-state index in [9.17, 15) is 8.78 Å². The maximum atomic E-state index is 13.2. The van der Waals surface area contributed by atoms with Crippen LogP contribution in [0.1, 0.15) is 35.6 Å². The summed E-state index contributed by atoms with van der Waals surface area (Å²) in [5.74, 6) is -1.05. The van der Waals surface area contributed by atoms with Crippen molar-refractivity contribution in [3.8, 4) is 0 Å². The molecule has 0 fully saturated rings. The zero-order valence-corrected chi connectivity index (χ0v) is 11.5. The molecule has 0 bridgehead atoms. The standard InChI is InChI=1S/C16H18F2N2/c1-19-16-4-2-3-12-9-20(10-15(12)16)8-11-5-13(17)7-14(18)6-11/h5-7,9-10,16,19H,2-4,8H2,1H3. The number of rotatable bonds is 3. The second kappa shape index (κ2) is 5.37. The highest BCUT2D eigenvalue weighted by Gasteiger charge is 2.20. The van der Waals surface area contributed by atoms with Crippen LogP contribution < -0.4 is 5.32 Å². The van der Waals surface area contributed by atoms with Crippen LogP contribution in [0.5, 0.6) is 0 Å². The fourth-order valence-corrected chi connectivity index (χ4v) is 3.05. The van der Waals surface area contributed by atoms with Gasteiger partial charge in [-0.2, -0.15) is 0 Å². The molecule has 4 heteroatoms. The summed E-state index contributed by atoms with van der Waals surface area (Å²) in [4.78, 5) is 0. The maximum Gasteiger partial charge on any atom is 0.126 e. The van der Waals surface area contributed by atoms with Gasteiger partial charge < -0.3 is 9.88 Å². The normalized spacial score (nSPS) is 18.1. The number of halogens is 2. The molecule has 1 N–H and O–H groups in total. The van der Waals surface area contributed by atoms with Crippen LogP contribution in [0.4, 0.5) is 8.78 Å². The molecule has 1 unspecified atom stereocenters. The SMILES string of the molecule is CNC1CCCc2cn(Cc3cc(F)cc(F)c3)cc21. The van der Waals surface area contributed by atoms with Crippen molar-refractivity contribution in [3.63, 3.8) is 0 Å². The average Bonchev–Trinajstić information content (AvgIpc) is 2.79. The first kappa shape index (κ1) is 13.3. The topological polar surface area (TPSA) is 17.0 Å². The summed E-state index contributed by atoms with van der Waals surface area (Å²) in [5, 5.41) is 3.32. The molecule has 0 saturated carbocycles. The Kier molecular flexibility index (Phi) is 3.57. The molecule has 0 saturated heterocycles. The van der Waals surface area contributed by atoms with Gasteiger partial charge in [-0.1, -0.05) is 0 Å². The third kappa shape index (κ3) is 2.61. The summed E-state index contributed by atoms with van der Waals surface area (Å²) < 4.78 is 28.5. The lowest BCUT2D eigenvalue weighted by Crippen LogP contribution is -2.20. The molecule has 1 heterocycles. The summed E-state index contributed by atoms with van der Waals surface area (Å²) in [6.45, 7) is 0.498. The van der Waals surface area contributed by atoms with Crippen LogP contribution in [0.25, 0.3) is 0 Å². The summed E-state index contributed by atoms with van der Waals surface area (Å²) in [6, 6.07) is 4.07. The Morgan fingerprint density at radius 3 is 2.65 bits per heavy atom. The molecule has 1 aromatic heterocycles. The molecule has 2 aromatic rings. The van der Waals surface area contributed by atoms with Crippen molar-refractivity contribution in [2.45, 2.75) is 31.8 Å². The van der Waals surface area contributed by atoms with Gasteiger partial charge in [0.05, 0.1) is 0 Å². The highest BCUT2D eigenvalue weighted by Crippen LogP contribution is 2.30. The van der Waals surface area contributed by atoms with E-state index in [-0.39, 0.29) is 0 Å². The lowest BCUT2D eigenvalue weighted by Gasteiger charge is -2.21. The van der Waals surface area contributed by atoms with Gasteiger partial charge in [0.1, 0.15) is 11.6 Å². The van der Waals surface area contributed by atoms with E-state index >= 15 is 0 Å². The lowest BCUT2D eigenvalue weighted by atomic mass is 9.91. The number of nitrogens with one attached hydrogen (secondary N) is 1. The first-order valence-corrected chi connectivity index (χ1v) is 6.96. The van der Waals surface area contributed by atoms with Crippen molar-refractivity contribution in [1.82, 2.24) is 9.88 Å². The van der Waals surface area contributed by atoms with Gasteiger partial charge in [0.25, 0.3) is 0 Å². The summed E-state index contributed by atoms with van der Waals surface area (Å²) >= 11 is 0. The second-order valence-electron chi connectivity index (χ2n) is 5.42. The first-order valence-electron chi connectivity index (χ1n) is 6.96. The van der Waals surface area contributed by atoms with E-state index in [0.717, 1.165) is 18.9 Å². The molecular weight excluding hydrogens is 258 g/mol. The summed E-state index contributed by atoms with van der Waals surface area (Å²) in [7, 11) is 1.97. The largest absolute Gasteiger partial charge is 0.349 e. The Labute approximate surface area is 117 Å². The van der Waals surface area contributed by atoms with Crippen LogP contribution >= 0.6 is 0 Å². The molecule has 0 radical (unpaired) electrons. The van der Waals surface area contributed by atoms with Crippen molar-refractivity contribution in [2.24, 2.45) is 0 Å². The van der Waals surface area contributed by atoms with E-state index < -0.39 is 11.6 Å². The van der Waals surface area contributed by atoms with E-state index in [4.69, 9.17) is 0 Å². The van der Waals surface area contributed by atoms with Gasteiger partial charge in [0.15, 0.2) is 0 Å². The monoisotopic (exact) mass is 276 g/mol. The van der Waals surface area contributed by atoms with E-state index in [1.807, 2.05) is 11.6 Å². The zero-order chi connectivity index (χ0) is 14.1. The van der Waals surface area contributed by atoms with E-state index in [1.54, 1.807) is 0 Å². The van der Waals surface area contributed by atoms with Gasteiger partial charge in [0, 0.05) is 31.0 Å². The van der Waals surface area contributed by atoms with Crippen LogP contribution in [0, 0.1) is 11.6 Å². The van der Waals surface area contributed by atoms with Crippen molar-refractivity contribution < 1.29 is 8.78 Å². The highest BCUT2D eigenvalue weighted by atomic mass is 19.1. The number of nitrogens with zero attached hydrogens (tertiary/aromatic N) is 1. The van der Waals surface area contributed by atoms with Gasteiger partial charge in [-0.15, -0.1) is 0 Å². The number of hydrogen-bond acceptors (Lipinski definition) is 1. The molecule has 0 aliphatic heterocycles. The van der Waals surface area contributed by atoms with Crippen LogP contribution in [0.3, 0.4) is 0 Å². The van der Waals surface area contributed by atoms with Crippen molar-refractivity contribution in [1.29, 1.82) is 0 Å². The second-order valence-corrected chi connectivity index (χ2v) is 5.42. The number of aromatic nitrogens is 1. The Morgan fingerprint density at radius 2 is 1.95 bits per heavy atom. The predicted octanol–water partition coefficient (Wildman–Crippen LogP) is 3.41. The molecule has 1 aliphatic carbocycles. The Morgan fingerprint density at radius 1 is 1.20 bits per heavy atom. The number of hydrogen-bond donors (Lipinski definition) is 1.